The summed E-state index contributed by atoms with van der Waals surface area (Å²) < 4.78 is 6.98. The number of nitrogens with one attached hydrogen (secondary N) is 1. The van der Waals surface area contributed by atoms with Crippen LogP contribution in [0.15, 0.2) is 24.4 Å². The molecule has 10 heteroatoms. The maximum Gasteiger partial charge on any atom is 0.223 e. The number of aromatic nitrogens is 2. The fraction of sp³-hybridized carbons (Fsp3) is 0.280. The Labute approximate surface area is 200 Å². The van der Waals surface area contributed by atoms with Crippen molar-refractivity contribution in [2.24, 2.45) is 13.0 Å². The van der Waals surface area contributed by atoms with Gasteiger partial charge in [-0.1, -0.05) is 12.1 Å². The first kappa shape index (κ1) is 22.5. The number of ether oxygens (including phenoxy) is 1. The molecule has 5 rings (SSSR count). The number of ketones is 2. The highest BCUT2D eigenvalue weighted by atomic mass is 16.5. The number of amides is 1. The highest BCUT2D eigenvalue weighted by Gasteiger charge is 2.41. The lowest BCUT2D eigenvalue weighted by Crippen LogP contribution is -2.35. The Kier molecular flexibility index (Phi) is 5.23. The number of nitrogens with zero attached hydrogens (tertiary/aromatic N) is 2. The minimum atomic E-state index is -0.586. The molecule has 2 aromatic carbocycles. The number of phenolic OH excluding ortho intramolecular Hbond substituents is 2. The molecule has 2 aliphatic rings. The molecule has 0 fully saturated rings. The number of imidazole rings is 1. The van der Waals surface area contributed by atoms with E-state index in [9.17, 15) is 24.6 Å². The highest BCUT2D eigenvalue weighted by Crippen LogP contribution is 2.47. The third kappa shape index (κ3) is 3.40. The second kappa shape index (κ2) is 8.15. The molecule has 35 heavy (non-hydrogen) atoms. The molecule has 1 heterocycles. The van der Waals surface area contributed by atoms with E-state index in [1.165, 1.54) is 13.2 Å². The largest absolute Gasteiger partial charge is 0.507 e. The molecule has 0 radical (unpaired) electrons. The Bertz CT molecular complexity index is 1420. The molecule has 1 aromatic heterocycles. The number of carbonyl (C=O) groups excluding carboxylic acids is 3. The molecule has 0 aliphatic heterocycles. The summed E-state index contributed by atoms with van der Waals surface area (Å²) in [5.74, 6) is -1.43. The molecule has 2 aliphatic carbocycles. The molecule has 0 saturated carbocycles. The second-order valence-corrected chi connectivity index (χ2v) is 8.80. The number of hydrogen-bond donors (Lipinski definition) is 4. The molecule has 5 N–H and O–H groups in total. The number of carbonyl (C=O) groups is 3. The van der Waals surface area contributed by atoms with Crippen molar-refractivity contribution >= 4 is 23.3 Å². The van der Waals surface area contributed by atoms with Crippen LogP contribution in [0.2, 0.25) is 0 Å². The molecule has 10 nitrogen and oxygen atoms in total. The fourth-order valence-electron chi connectivity index (χ4n) is 5.04. The Morgan fingerprint density at radius 3 is 2.57 bits per heavy atom. The molecule has 0 spiro atoms. The number of hydrogen-bond acceptors (Lipinski definition) is 8. The van der Waals surface area contributed by atoms with Gasteiger partial charge in [-0.15, -0.1) is 0 Å². The van der Waals surface area contributed by atoms with Crippen molar-refractivity contribution in [2.45, 2.75) is 25.8 Å². The lowest BCUT2D eigenvalue weighted by molar-refractivity contribution is -0.125. The molecule has 1 atom stereocenters. The Hall–Kier alpha value is -4.34. The van der Waals surface area contributed by atoms with Crippen LogP contribution in [0.1, 0.15) is 55.2 Å². The molecule has 1 amide bonds. The van der Waals surface area contributed by atoms with Crippen LogP contribution in [0.5, 0.6) is 17.2 Å². The summed E-state index contributed by atoms with van der Waals surface area (Å²) in [5, 5.41) is 25.0. The first-order valence-corrected chi connectivity index (χ1v) is 11.1. The summed E-state index contributed by atoms with van der Waals surface area (Å²) in [6.07, 6.45) is 2.42. The first-order valence-electron chi connectivity index (χ1n) is 11.1. The van der Waals surface area contributed by atoms with E-state index in [0.29, 0.717) is 29.2 Å². The van der Waals surface area contributed by atoms with Gasteiger partial charge in [0.15, 0.2) is 5.78 Å². The van der Waals surface area contributed by atoms with Crippen molar-refractivity contribution in [1.29, 1.82) is 0 Å². The first-order chi connectivity index (χ1) is 16.7. The average molecular weight is 476 g/mol. The van der Waals surface area contributed by atoms with Gasteiger partial charge in [-0.25, -0.2) is 4.98 Å². The summed E-state index contributed by atoms with van der Waals surface area (Å²) in [6, 6.07) is 4.63. The van der Waals surface area contributed by atoms with E-state index in [1.54, 1.807) is 29.9 Å². The van der Waals surface area contributed by atoms with Crippen molar-refractivity contribution in [2.75, 3.05) is 12.8 Å². The third-order valence-electron chi connectivity index (χ3n) is 6.81. The quantitative estimate of drug-likeness (QED) is 0.324. The third-order valence-corrected chi connectivity index (χ3v) is 6.81. The van der Waals surface area contributed by atoms with Gasteiger partial charge >= 0.3 is 0 Å². The van der Waals surface area contributed by atoms with Crippen LogP contribution in [0.25, 0.3) is 0 Å². The van der Waals surface area contributed by atoms with E-state index in [2.05, 4.69) is 10.3 Å². The van der Waals surface area contributed by atoms with E-state index >= 15 is 0 Å². The molecule has 0 saturated heterocycles. The zero-order chi connectivity index (χ0) is 25.0. The fourth-order valence-corrected chi connectivity index (χ4v) is 5.04. The summed E-state index contributed by atoms with van der Waals surface area (Å²) in [7, 11) is 3.17. The maximum atomic E-state index is 13.3. The smallest absolute Gasteiger partial charge is 0.223 e. The van der Waals surface area contributed by atoms with Crippen molar-refractivity contribution < 1.29 is 29.3 Å². The molecule has 180 valence electrons. The summed E-state index contributed by atoms with van der Waals surface area (Å²) in [4.78, 5) is 43.7. The number of aromatic hydroxyl groups is 2. The van der Waals surface area contributed by atoms with Crippen molar-refractivity contribution in [3.05, 3.63) is 63.6 Å². The molecular formula is C25H24N4O6. The van der Waals surface area contributed by atoms with E-state index in [1.807, 2.05) is 0 Å². The van der Waals surface area contributed by atoms with Crippen LogP contribution in [-0.2, 0) is 31.2 Å². The monoisotopic (exact) mass is 476 g/mol. The number of aryl methyl sites for hydroxylation is 1. The van der Waals surface area contributed by atoms with E-state index in [0.717, 1.165) is 0 Å². The number of phenols is 2. The van der Waals surface area contributed by atoms with Gasteiger partial charge in [0.05, 0.1) is 30.3 Å². The summed E-state index contributed by atoms with van der Waals surface area (Å²) >= 11 is 0. The van der Waals surface area contributed by atoms with Gasteiger partial charge in [0.2, 0.25) is 11.7 Å². The van der Waals surface area contributed by atoms with Gasteiger partial charge in [0.1, 0.15) is 28.9 Å². The molecule has 3 aromatic rings. The van der Waals surface area contributed by atoms with Crippen LogP contribution in [0.4, 0.5) is 5.82 Å². The van der Waals surface area contributed by atoms with Gasteiger partial charge in [-0.2, -0.15) is 0 Å². The van der Waals surface area contributed by atoms with Crippen LogP contribution < -0.4 is 15.8 Å². The predicted octanol–water partition coefficient (Wildman–Crippen LogP) is 1.62. The van der Waals surface area contributed by atoms with Crippen molar-refractivity contribution in [3.8, 4) is 17.2 Å². The normalized spacial score (nSPS) is 16.3. The number of fused-ring (bicyclic) bond motifs is 3. The van der Waals surface area contributed by atoms with E-state index in [-0.39, 0.29) is 64.8 Å². The van der Waals surface area contributed by atoms with Gasteiger partial charge in [0, 0.05) is 35.9 Å². The number of benzene rings is 2. The second-order valence-electron chi connectivity index (χ2n) is 8.80. The predicted molar refractivity (Wildman–Crippen MR) is 125 cm³/mol. The van der Waals surface area contributed by atoms with Crippen molar-refractivity contribution in [3.63, 3.8) is 0 Å². The maximum absolute atomic E-state index is 13.3. The standard InChI is InChI=1S/C25H24N4O6/c1-29-10-16(26)28-17(29)9-27-25(34)11-6-7-12-14(8-11)23(32)19-20(21(12)30)24(33)18-13(22(19)31)4-3-5-15(18)35-2/h3-5,10-11,30,32H,6-9,26H2,1-2H3,(H,27,34). The number of nitrogen functional groups attached to an aromatic ring is 1. The minimum Gasteiger partial charge on any atom is -0.507 e. The average Bonchev–Trinajstić information content (AvgIpc) is 3.18. The van der Waals surface area contributed by atoms with E-state index < -0.39 is 17.5 Å². The number of rotatable bonds is 4. The van der Waals surface area contributed by atoms with Gasteiger partial charge in [0.25, 0.3) is 0 Å². The number of anilines is 1. The zero-order valence-corrected chi connectivity index (χ0v) is 19.2. The van der Waals surface area contributed by atoms with Crippen molar-refractivity contribution in [1.82, 2.24) is 14.9 Å². The van der Waals surface area contributed by atoms with Crippen LogP contribution >= 0.6 is 0 Å². The Balaban J connectivity index is 1.48. The molecule has 1 unspecified atom stereocenters. The van der Waals surface area contributed by atoms with Gasteiger partial charge in [-0.05, 0) is 25.3 Å². The SMILES string of the molecule is COc1cccc2c1C(=O)c1c(O)c3c(c(O)c1C2=O)CC(C(=O)NCc1nc(N)cn1C)CC3. The van der Waals surface area contributed by atoms with Crippen LogP contribution in [0, 0.1) is 5.92 Å². The number of nitrogens with two attached hydrogens (primary N) is 1. The highest BCUT2D eigenvalue weighted by molar-refractivity contribution is 6.31. The van der Waals surface area contributed by atoms with Gasteiger partial charge < -0.3 is 30.6 Å². The lowest BCUT2D eigenvalue weighted by atomic mass is 9.75. The summed E-state index contributed by atoms with van der Waals surface area (Å²) in [5.41, 5.74) is 6.05. The summed E-state index contributed by atoms with van der Waals surface area (Å²) in [6.45, 7) is 0.183. The lowest BCUT2D eigenvalue weighted by Gasteiger charge is -2.29. The van der Waals surface area contributed by atoms with Crippen LogP contribution in [0.3, 0.4) is 0 Å². The Morgan fingerprint density at radius 2 is 1.89 bits per heavy atom. The van der Waals surface area contributed by atoms with E-state index in [4.69, 9.17) is 10.5 Å². The minimum absolute atomic E-state index is 0.0603. The molecule has 0 bridgehead atoms. The number of methoxy groups -OCH3 is 1. The Morgan fingerprint density at radius 1 is 1.17 bits per heavy atom. The topological polar surface area (TPSA) is 157 Å². The van der Waals surface area contributed by atoms with Gasteiger partial charge in [-0.3, -0.25) is 14.4 Å². The zero-order valence-electron chi connectivity index (χ0n) is 19.2. The molecular weight excluding hydrogens is 452 g/mol. The van der Waals surface area contributed by atoms with Crippen LogP contribution in [-0.4, -0.2) is 44.3 Å².